The minimum atomic E-state index is -1.000. The zero-order valence-electron chi connectivity index (χ0n) is 18.3. The number of hydrogen-bond donors (Lipinski definition) is 1. The van der Waals surface area contributed by atoms with Crippen LogP contribution in [0.2, 0.25) is 0 Å². The Bertz CT molecular complexity index is 871. The summed E-state index contributed by atoms with van der Waals surface area (Å²) in [5, 5.41) is 17.4. The molecule has 2 atom stereocenters. The third-order valence-electron chi connectivity index (χ3n) is 5.89. The van der Waals surface area contributed by atoms with Crippen molar-refractivity contribution in [1.82, 2.24) is 0 Å². The molecule has 1 fully saturated rings. The number of carbonyl (C=O) groups excluding carboxylic acids is 1. The van der Waals surface area contributed by atoms with E-state index in [2.05, 4.69) is 31.7 Å². The number of methoxy groups -OCH3 is 1. The second kappa shape index (κ2) is 11.4. The summed E-state index contributed by atoms with van der Waals surface area (Å²) in [5.74, 6) is 1.19. The van der Waals surface area contributed by atoms with E-state index in [1.165, 1.54) is 42.0 Å². The summed E-state index contributed by atoms with van der Waals surface area (Å²) >= 11 is 0. The molecular formula is C25H31NO4. The van der Waals surface area contributed by atoms with Crippen molar-refractivity contribution in [1.29, 1.82) is 5.26 Å². The fraction of sp³-hybridized carbons (Fsp3) is 0.440. The van der Waals surface area contributed by atoms with Gasteiger partial charge in [0.25, 0.3) is 0 Å². The highest BCUT2D eigenvalue weighted by molar-refractivity contribution is 5.92. The van der Waals surface area contributed by atoms with Crippen LogP contribution >= 0.6 is 0 Å². The molecule has 2 aliphatic rings. The molecule has 30 heavy (non-hydrogen) atoms. The number of nitriles is 1. The first kappa shape index (κ1) is 23.4. The lowest BCUT2D eigenvalue weighted by molar-refractivity contribution is -0.228. The molecule has 5 heteroatoms. The second-order valence-electron chi connectivity index (χ2n) is 8.04. The summed E-state index contributed by atoms with van der Waals surface area (Å²) in [5.41, 5.74) is 4.83. The minimum Gasteiger partial charge on any atom is -0.497 e. The average molecular weight is 410 g/mol. The van der Waals surface area contributed by atoms with Gasteiger partial charge in [0.05, 0.1) is 7.11 Å². The third-order valence-corrected chi connectivity index (χ3v) is 5.89. The largest absolute Gasteiger partial charge is 0.497 e. The van der Waals surface area contributed by atoms with Crippen LogP contribution in [0.1, 0.15) is 51.5 Å². The molecule has 3 rings (SSSR count). The predicted molar refractivity (Wildman–Crippen MR) is 117 cm³/mol. The van der Waals surface area contributed by atoms with E-state index in [1.807, 2.05) is 24.3 Å². The van der Waals surface area contributed by atoms with E-state index in [0.717, 1.165) is 24.2 Å². The van der Waals surface area contributed by atoms with Gasteiger partial charge in [-0.25, -0.2) is 4.79 Å². The number of aryl methyl sites for hydroxylation is 1. The molecule has 0 radical (unpaired) electrons. The molecule has 160 valence electrons. The monoisotopic (exact) mass is 409 g/mol. The summed E-state index contributed by atoms with van der Waals surface area (Å²) < 4.78 is 4.97. The van der Waals surface area contributed by atoms with Gasteiger partial charge in [0.1, 0.15) is 17.4 Å². The lowest BCUT2D eigenvalue weighted by atomic mass is 9.81. The molecule has 2 unspecified atom stereocenters. The molecule has 0 aliphatic heterocycles. The van der Waals surface area contributed by atoms with Gasteiger partial charge in [-0.05, 0) is 74.3 Å². The summed E-state index contributed by atoms with van der Waals surface area (Å²) in [6.07, 6.45) is 9.15. The molecule has 1 aromatic carbocycles. The number of rotatable bonds is 4. The van der Waals surface area contributed by atoms with Crippen molar-refractivity contribution in [2.24, 2.45) is 11.8 Å². The zero-order valence-corrected chi connectivity index (χ0v) is 18.3. The lowest BCUT2D eigenvalue weighted by Gasteiger charge is -2.24. The molecule has 1 saturated carbocycles. The molecule has 0 saturated heterocycles. The van der Waals surface area contributed by atoms with Gasteiger partial charge >= 0.3 is 5.97 Å². The fourth-order valence-corrected chi connectivity index (χ4v) is 4.06. The molecule has 1 aromatic rings. The van der Waals surface area contributed by atoms with E-state index in [0.29, 0.717) is 11.8 Å². The van der Waals surface area contributed by atoms with Crippen LogP contribution in [0.4, 0.5) is 0 Å². The molecule has 0 amide bonds. The van der Waals surface area contributed by atoms with Crippen molar-refractivity contribution < 1.29 is 19.7 Å². The number of benzene rings is 1. The third kappa shape index (κ3) is 6.33. The maximum absolute atomic E-state index is 11.3. The van der Waals surface area contributed by atoms with E-state index in [9.17, 15) is 4.79 Å². The van der Waals surface area contributed by atoms with Gasteiger partial charge in [0, 0.05) is 0 Å². The van der Waals surface area contributed by atoms with Crippen molar-refractivity contribution in [2.75, 3.05) is 7.11 Å². The summed E-state index contributed by atoms with van der Waals surface area (Å²) in [4.78, 5) is 14.9. The Balaban J connectivity index is 0.000000297. The van der Waals surface area contributed by atoms with Crippen LogP contribution in [0.15, 0.2) is 58.7 Å². The van der Waals surface area contributed by atoms with Crippen molar-refractivity contribution >= 4 is 5.97 Å². The number of allylic oxidation sites excluding steroid dienone is 5. The smallest absolute Gasteiger partial charge is 0.383 e. The van der Waals surface area contributed by atoms with Gasteiger partial charge in [-0.2, -0.15) is 10.5 Å². The number of ether oxygens (including phenoxy) is 1. The molecule has 2 aliphatic carbocycles. The van der Waals surface area contributed by atoms with Crippen molar-refractivity contribution in [2.45, 2.75) is 52.9 Å². The Morgan fingerprint density at radius 2 is 1.90 bits per heavy atom. The Morgan fingerprint density at radius 3 is 2.43 bits per heavy atom. The van der Waals surface area contributed by atoms with E-state index in [4.69, 9.17) is 15.3 Å². The van der Waals surface area contributed by atoms with E-state index >= 15 is 0 Å². The SMILES string of the molecule is CC1=C(C2CCCC2C)C=C(/C=C(/C#N)C(=O)OO)CC1.COc1ccc(C)cc1. The number of hydrogen-bond acceptors (Lipinski definition) is 5. The highest BCUT2D eigenvalue weighted by atomic mass is 17.1. The molecule has 0 bridgehead atoms. The highest BCUT2D eigenvalue weighted by Crippen LogP contribution is 2.41. The average Bonchev–Trinajstić information content (AvgIpc) is 3.19. The summed E-state index contributed by atoms with van der Waals surface area (Å²) in [6.45, 7) is 6.52. The molecule has 0 spiro atoms. The van der Waals surface area contributed by atoms with Crippen LogP contribution in [-0.4, -0.2) is 18.3 Å². The molecular weight excluding hydrogens is 378 g/mol. The summed E-state index contributed by atoms with van der Waals surface area (Å²) in [6, 6.07) is 9.73. The van der Waals surface area contributed by atoms with Crippen molar-refractivity contribution in [3.8, 4) is 11.8 Å². The number of nitrogens with zero attached hydrogens (tertiary/aromatic N) is 1. The first-order valence-corrected chi connectivity index (χ1v) is 10.4. The van der Waals surface area contributed by atoms with Crippen LogP contribution < -0.4 is 4.74 Å². The first-order chi connectivity index (χ1) is 14.4. The minimum absolute atomic E-state index is 0.165. The maximum Gasteiger partial charge on any atom is 0.383 e. The van der Waals surface area contributed by atoms with Gasteiger partial charge in [0.15, 0.2) is 0 Å². The first-order valence-electron chi connectivity index (χ1n) is 10.4. The Labute approximate surface area is 179 Å². The molecule has 0 heterocycles. The van der Waals surface area contributed by atoms with Gasteiger partial charge in [-0.3, -0.25) is 4.89 Å². The van der Waals surface area contributed by atoms with Crippen LogP contribution in [0.3, 0.4) is 0 Å². The normalized spacial score (nSPS) is 21.2. The van der Waals surface area contributed by atoms with Gasteiger partial charge in [0.2, 0.25) is 0 Å². The maximum atomic E-state index is 11.3. The van der Waals surface area contributed by atoms with E-state index in [1.54, 1.807) is 13.2 Å². The standard InChI is InChI=1S/C17H21NO3.C8H10O/c1-11-4-3-5-15(11)16-9-13(7-6-12(16)2)8-14(10-18)17(19)21-20;1-7-3-5-8(9-2)6-4-7/h8-9,11,15,20H,3-7H2,1-2H3;3-6H,1-2H3/b14-8-;. The lowest BCUT2D eigenvalue weighted by Crippen LogP contribution is -2.11. The molecule has 5 nitrogen and oxygen atoms in total. The van der Waals surface area contributed by atoms with Crippen LogP contribution in [0, 0.1) is 30.1 Å². The van der Waals surface area contributed by atoms with Crippen molar-refractivity contribution in [3.63, 3.8) is 0 Å². The molecule has 1 N–H and O–H groups in total. The number of carbonyl (C=O) groups is 1. The van der Waals surface area contributed by atoms with Crippen LogP contribution in [-0.2, 0) is 9.68 Å². The summed E-state index contributed by atoms with van der Waals surface area (Å²) in [7, 11) is 1.67. The van der Waals surface area contributed by atoms with E-state index in [-0.39, 0.29) is 5.57 Å². The zero-order chi connectivity index (χ0) is 22.1. The van der Waals surface area contributed by atoms with Gasteiger partial charge in [-0.15, -0.1) is 0 Å². The second-order valence-corrected chi connectivity index (χ2v) is 8.04. The Hall–Kier alpha value is -2.84. The predicted octanol–water partition coefficient (Wildman–Crippen LogP) is 5.93. The topological polar surface area (TPSA) is 79.6 Å². The molecule has 0 aromatic heterocycles. The highest BCUT2D eigenvalue weighted by Gasteiger charge is 2.28. The Morgan fingerprint density at radius 1 is 1.20 bits per heavy atom. The van der Waals surface area contributed by atoms with Crippen molar-refractivity contribution in [3.05, 3.63) is 64.3 Å². The van der Waals surface area contributed by atoms with Crippen LogP contribution in [0.25, 0.3) is 0 Å². The quantitative estimate of drug-likeness (QED) is 0.289. The van der Waals surface area contributed by atoms with E-state index < -0.39 is 5.97 Å². The fourth-order valence-electron chi connectivity index (χ4n) is 4.06. The Kier molecular flexibility index (Phi) is 8.89. The van der Waals surface area contributed by atoms with Gasteiger partial charge < -0.3 is 4.74 Å². The van der Waals surface area contributed by atoms with Gasteiger partial charge in [-0.1, -0.05) is 49.1 Å². The van der Waals surface area contributed by atoms with Crippen LogP contribution in [0.5, 0.6) is 5.75 Å².